The second-order valence-corrected chi connectivity index (χ2v) is 6.97. The van der Waals surface area contributed by atoms with E-state index < -0.39 is 0 Å². The number of rotatable bonds is 4. The Balaban J connectivity index is 1.97. The van der Waals surface area contributed by atoms with Crippen LogP contribution >= 0.6 is 11.6 Å². The molecule has 0 aromatic heterocycles. The molecule has 0 aliphatic heterocycles. The number of halogens is 1. The van der Waals surface area contributed by atoms with Crippen LogP contribution in [0.1, 0.15) is 36.7 Å². The summed E-state index contributed by atoms with van der Waals surface area (Å²) >= 11 is 5.79. The van der Waals surface area contributed by atoms with Crippen LogP contribution in [0.15, 0.2) is 48.5 Å². The molecule has 0 heterocycles. The van der Waals surface area contributed by atoms with Crippen molar-refractivity contribution in [3.63, 3.8) is 0 Å². The van der Waals surface area contributed by atoms with Crippen molar-refractivity contribution in [2.75, 3.05) is 11.9 Å². The van der Waals surface area contributed by atoms with E-state index in [9.17, 15) is 9.59 Å². The smallest absolute Gasteiger partial charge is 0.251 e. The summed E-state index contributed by atoms with van der Waals surface area (Å²) in [7, 11) is 0. The van der Waals surface area contributed by atoms with Crippen molar-refractivity contribution in [1.82, 2.24) is 5.32 Å². The van der Waals surface area contributed by atoms with Gasteiger partial charge in [-0.15, -0.1) is 0 Å². The second-order valence-electron chi connectivity index (χ2n) is 6.53. The van der Waals surface area contributed by atoms with E-state index in [-0.39, 0.29) is 23.8 Å². The molecule has 2 N–H and O–H groups in total. The van der Waals surface area contributed by atoms with Crippen molar-refractivity contribution < 1.29 is 9.59 Å². The van der Waals surface area contributed by atoms with Crippen molar-refractivity contribution in [3.8, 4) is 0 Å². The summed E-state index contributed by atoms with van der Waals surface area (Å²) in [6, 6.07) is 14.2. The van der Waals surface area contributed by atoms with Crippen LogP contribution in [-0.4, -0.2) is 18.4 Å². The summed E-state index contributed by atoms with van der Waals surface area (Å²) in [6.07, 6.45) is 0. The largest absolute Gasteiger partial charge is 0.343 e. The SMILES string of the molecule is CC(C)(C)c1ccccc1NC(=O)CNC(=O)c1ccc(Cl)cc1. The number of anilines is 1. The van der Waals surface area contributed by atoms with E-state index >= 15 is 0 Å². The molecule has 2 amide bonds. The summed E-state index contributed by atoms with van der Waals surface area (Å²) in [6.45, 7) is 6.15. The van der Waals surface area contributed by atoms with Gasteiger partial charge < -0.3 is 10.6 Å². The van der Waals surface area contributed by atoms with Gasteiger partial charge in [0.1, 0.15) is 0 Å². The molecule has 2 aromatic carbocycles. The zero-order valence-electron chi connectivity index (χ0n) is 14.0. The van der Waals surface area contributed by atoms with Crippen LogP contribution in [0, 0.1) is 0 Å². The predicted octanol–water partition coefficient (Wildman–Crippen LogP) is 4.01. The predicted molar refractivity (Wildman–Crippen MR) is 97.6 cm³/mol. The van der Waals surface area contributed by atoms with E-state index in [1.165, 1.54) is 0 Å². The van der Waals surface area contributed by atoms with E-state index in [0.717, 1.165) is 11.3 Å². The molecule has 2 rings (SSSR count). The van der Waals surface area contributed by atoms with Crippen molar-refractivity contribution in [2.45, 2.75) is 26.2 Å². The highest BCUT2D eigenvalue weighted by Crippen LogP contribution is 2.29. The number of amides is 2. The molecule has 0 saturated carbocycles. The average molecular weight is 345 g/mol. The molecule has 0 aliphatic carbocycles. The third kappa shape index (κ3) is 4.83. The van der Waals surface area contributed by atoms with Crippen LogP contribution in [-0.2, 0) is 10.2 Å². The van der Waals surface area contributed by atoms with E-state index in [1.54, 1.807) is 24.3 Å². The van der Waals surface area contributed by atoms with Gasteiger partial charge in [-0.2, -0.15) is 0 Å². The van der Waals surface area contributed by atoms with E-state index in [0.29, 0.717) is 10.6 Å². The molecule has 2 aromatic rings. The Labute approximate surface area is 147 Å². The molecule has 0 radical (unpaired) electrons. The van der Waals surface area contributed by atoms with Gasteiger partial charge in [-0.3, -0.25) is 9.59 Å². The third-order valence-electron chi connectivity index (χ3n) is 3.53. The normalized spacial score (nSPS) is 11.0. The van der Waals surface area contributed by atoms with Gasteiger partial charge in [0.15, 0.2) is 0 Å². The monoisotopic (exact) mass is 344 g/mol. The number of carbonyl (C=O) groups is 2. The highest BCUT2D eigenvalue weighted by atomic mass is 35.5. The highest BCUT2D eigenvalue weighted by Gasteiger charge is 2.18. The molecule has 0 saturated heterocycles. The van der Waals surface area contributed by atoms with Crippen LogP contribution in [0.5, 0.6) is 0 Å². The number of nitrogens with one attached hydrogen (secondary N) is 2. The van der Waals surface area contributed by atoms with Gasteiger partial charge in [0.05, 0.1) is 6.54 Å². The number of hydrogen-bond acceptors (Lipinski definition) is 2. The Morgan fingerprint density at radius 1 is 1.00 bits per heavy atom. The first-order valence-electron chi connectivity index (χ1n) is 7.70. The number of para-hydroxylation sites is 1. The molecular weight excluding hydrogens is 324 g/mol. The summed E-state index contributed by atoms with van der Waals surface area (Å²) in [4.78, 5) is 24.1. The number of benzene rings is 2. The lowest BCUT2D eigenvalue weighted by molar-refractivity contribution is -0.115. The molecule has 24 heavy (non-hydrogen) atoms. The minimum absolute atomic E-state index is 0.0869. The minimum Gasteiger partial charge on any atom is -0.343 e. The van der Waals surface area contributed by atoms with Crippen molar-refractivity contribution >= 4 is 29.1 Å². The standard InChI is InChI=1S/C19H21ClN2O2/c1-19(2,3)15-6-4-5-7-16(15)22-17(23)12-21-18(24)13-8-10-14(20)11-9-13/h4-11H,12H2,1-3H3,(H,21,24)(H,22,23). The Kier molecular flexibility index (Phi) is 5.62. The van der Waals surface area contributed by atoms with Crippen molar-refractivity contribution in [1.29, 1.82) is 0 Å². The zero-order valence-corrected chi connectivity index (χ0v) is 14.8. The Hall–Kier alpha value is -2.33. The lowest BCUT2D eigenvalue weighted by Gasteiger charge is -2.23. The van der Waals surface area contributed by atoms with Crippen LogP contribution in [0.3, 0.4) is 0 Å². The first kappa shape index (κ1) is 18.0. The fraction of sp³-hybridized carbons (Fsp3) is 0.263. The highest BCUT2D eigenvalue weighted by molar-refractivity contribution is 6.30. The Morgan fingerprint density at radius 3 is 2.25 bits per heavy atom. The maximum absolute atomic E-state index is 12.1. The van der Waals surface area contributed by atoms with E-state index in [4.69, 9.17) is 11.6 Å². The summed E-state index contributed by atoms with van der Waals surface area (Å²) in [5.41, 5.74) is 2.18. The minimum atomic E-state index is -0.314. The molecule has 0 aliphatic rings. The van der Waals surface area contributed by atoms with Gasteiger partial charge in [0.25, 0.3) is 5.91 Å². The summed E-state index contributed by atoms with van der Waals surface area (Å²) < 4.78 is 0. The lowest BCUT2D eigenvalue weighted by atomic mass is 9.86. The van der Waals surface area contributed by atoms with Crippen molar-refractivity contribution in [2.24, 2.45) is 0 Å². The van der Waals surface area contributed by atoms with Gasteiger partial charge >= 0.3 is 0 Å². The molecule has 0 fully saturated rings. The van der Waals surface area contributed by atoms with E-state index in [2.05, 4.69) is 31.4 Å². The molecule has 0 unspecified atom stereocenters. The Morgan fingerprint density at radius 2 is 1.62 bits per heavy atom. The maximum atomic E-state index is 12.1. The van der Waals surface area contributed by atoms with E-state index in [1.807, 2.05) is 24.3 Å². The summed E-state index contributed by atoms with van der Waals surface area (Å²) in [5, 5.41) is 6.02. The van der Waals surface area contributed by atoms with Gasteiger partial charge in [0.2, 0.25) is 5.91 Å². The van der Waals surface area contributed by atoms with Crippen LogP contribution < -0.4 is 10.6 Å². The third-order valence-corrected chi connectivity index (χ3v) is 3.78. The fourth-order valence-electron chi connectivity index (χ4n) is 2.30. The average Bonchev–Trinajstić information content (AvgIpc) is 2.53. The maximum Gasteiger partial charge on any atom is 0.251 e. The van der Waals surface area contributed by atoms with Crippen LogP contribution in [0.2, 0.25) is 5.02 Å². The number of carbonyl (C=O) groups excluding carboxylic acids is 2. The van der Waals surface area contributed by atoms with Crippen LogP contribution in [0.4, 0.5) is 5.69 Å². The topological polar surface area (TPSA) is 58.2 Å². The van der Waals surface area contributed by atoms with Gasteiger partial charge in [-0.05, 0) is 41.3 Å². The van der Waals surface area contributed by atoms with Gasteiger partial charge in [-0.25, -0.2) is 0 Å². The Bertz CT molecular complexity index is 734. The molecule has 0 bridgehead atoms. The first-order valence-corrected chi connectivity index (χ1v) is 8.08. The molecule has 4 nitrogen and oxygen atoms in total. The second kappa shape index (κ2) is 7.49. The molecule has 0 spiro atoms. The quantitative estimate of drug-likeness (QED) is 0.880. The molecule has 0 atom stereocenters. The first-order chi connectivity index (χ1) is 11.3. The van der Waals surface area contributed by atoms with Crippen molar-refractivity contribution in [3.05, 3.63) is 64.7 Å². The molecule has 5 heteroatoms. The fourth-order valence-corrected chi connectivity index (χ4v) is 2.43. The molecular formula is C19H21ClN2O2. The van der Waals surface area contributed by atoms with Gasteiger partial charge in [0, 0.05) is 16.3 Å². The molecule has 126 valence electrons. The summed E-state index contributed by atoms with van der Waals surface area (Å²) in [5.74, 6) is -0.583. The number of hydrogen-bond donors (Lipinski definition) is 2. The van der Waals surface area contributed by atoms with Crippen LogP contribution in [0.25, 0.3) is 0 Å². The lowest BCUT2D eigenvalue weighted by Crippen LogP contribution is -2.33. The zero-order chi connectivity index (χ0) is 17.7. The van der Waals surface area contributed by atoms with Gasteiger partial charge in [-0.1, -0.05) is 50.6 Å².